The molecule has 2 aliphatic heterocycles. The summed E-state index contributed by atoms with van der Waals surface area (Å²) in [5, 5.41) is 3.41. The van der Waals surface area contributed by atoms with E-state index in [1.165, 1.54) is 19.3 Å². The highest BCUT2D eigenvalue weighted by molar-refractivity contribution is 5.68. The van der Waals surface area contributed by atoms with Crippen LogP contribution in [0.2, 0.25) is 0 Å². The van der Waals surface area contributed by atoms with Crippen LogP contribution in [0.4, 0.5) is 4.79 Å². The van der Waals surface area contributed by atoms with Crippen LogP contribution in [-0.2, 0) is 4.74 Å². The number of carbonyl (C=O) groups is 1. The van der Waals surface area contributed by atoms with Gasteiger partial charge in [-0.2, -0.15) is 0 Å². The van der Waals surface area contributed by atoms with E-state index in [1.807, 2.05) is 25.7 Å². The van der Waals surface area contributed by atoms with Gasteiger partial charge < -0.3 is 15.0 Å². The van der Waals surface area contributed by atoms with E-state index in [-0.39, 0.29) is 6.09 Å². The Morgan fingerprint density at radius 2 is 1.90 bits per heavy atom. The molecule has 0 aromatic heterocycles. The number of hydrogen-bond acceptors (Lipinski definition) is 3. The molecule has 4 heteroatoms. The first-order valence-electron chi connectivity index (χ1n) is 8.16. The van der Waals surface area contributed by atoms with Gasteiger partial charge in [0.2, 0.25) is 0 Å². The number of amides is 1. The molecule has 0 bridgehead atoms. The van der Waals surface area contributed by atoms with Gasteiger partial charge in [-0.25, -0.2) is 4.79 Å². The average molecular weight is 282 g/mol. The number of nitrogens with one attached hydrogen (secondary N) is 1. The second kappa shape index (κ2) is 6.79. The molecule has 1 N–H and O–H groups in total. The molecule has 2 rings (SSSR count). The average Bonchev–Trinajstić information content (AvgIpc) is 2.38. The van der Waals surface area contributed by atoms with Gasteiger partial charge in [0.15, 0.2) is 0 Å². The van der Waals surface area contributed by atoms with Gasteiger partial charge in [-0.05, 0) is 78.3 Å². The normalized spacial score (nSPS) is 25.6. The molecule has 1 amide bonds. The van der Waals surface area contributed by atoms with Gasteiger partial charge in [-0.15, -0.1) is 0 Å². The maximum absolute atomic E-state index is 12.4. The van der Waals surface area contributed by atoms with E-state index in [1.54, 1.807) is 0 Å². The van der Waals surface area contributed by atoms with Crippen molar-refractivity contribution in [3.05, 3.63) is 0 Å². The molecular formula is C16H30N2O2. The zero-order valence-electron chi connectivity index (χ0n) is 13.3. The summed E-state index contributed by atoms with van der Waals surface area (Å²) in [6.07, 6.45) is 7.04. The monoisotopic (exact) mass is 282 g/mol. The number of carbonyl (C=O) groups excluding carboxylic acids is 1. The number of ether oxygens (including phenoxy) is 1. The number of rotatable bonds is 2. The molecule has 1 atom stereocenters. The first-order valence-corrected chi connectivity index (χ1v) is 8.16. The smallest absolute Gasteiger partial charge is 0.410 e. The highest BCUT2D eigenvalue weighted by Crippen LogP contribution is 2.28. The molecular weight excluding hydrogens is 252 g/mol. The molecule has 2 heterocycles. The molecule has 0 radical (unpaired) electrons. The van der Waals surface area contributed by atoms with Crippen molar-refractivity contribution in [2.45, 2.75) is 70.9 Å². The highest BCUT2D eigenvalue weighted by Gasteiger charge is 2.32. The maximum atomic E-state index is 12.4. The molecule has 20 heavy (non-hydrogen) atoms. The van der Waals surface area contributed by atoms with Crippen LogP contribution in [0.25, 0.3) is 0 Å². The molecule has 2 aliphatic rings. The van der Waals surface area contributed by atoms with Gasteiger partial charge in [-0.1, -0.05) is 0 Å². The van der Waals surface area contributed by atoms with Gasteiger partial charge in [0, 0.05) is 12.6 Å². The Morgan fingerprint density at radius 3 is 2.55 bits per heavy atom. The number of nitrogens with zero attached hydrogens (tertiary/aromatic N) is 1. The van der Waals surface area contributed by atoms with E-state index in [9.17, 15) is 4.79 Å². The second-order valence-corrected chi connectivity index (χ2v) is 7.25. The van der Waals surface area contributed by atoms with Crippen molar-refractivity contribution in [2.75, 3.05) is 19.6 Å². The lowest BCUT2D eigenvalue weighted by molar-refractivity contribution is 0.00628. The summed E-state index contributed by atoms with van der Waals surface area (Å²) in [7, 11) is 0. The minimum atomic E-state index is -0.395. The summed E-state index contributed by atoms with van der Waals surface area (Å²) < 4.78 is 5.57. The minimum absolute atomic E-state index is 0.115. The Morgan fingerprint density at radius 1 is 1.20 bits per heavy atom. The maximum Gasteiger partial charge on any atom is 0.410 e. The molecule has 0 aliphatic carbocycles. The molecule has 0 aromatic rings. The van der Waals surface area contributed by atoms with E-state index < -0.39 is 5.60 Å². The lowest BCUT2D eigenvalue weighted by Crippen LogP contribution is -2.47. The third-order valence-electron chi connectivity index (χ3n) is 4.32. The van der Waals surface area contributed by atoms with Gasteiger partial charge in [0.25, 0.3) is 0 Å². The molecule has 116 valence electrons. The van der Waals surface area contributed by atoms with Gasteiger partial charge in [0.05, 0.1) is 0 Å². The Balaban J connectivity index is 1.92. The Labute approximate surface area is 123 Å². The summed E-state index contributed by atoms with van der Waals surface area (Å²) in [5.41, 5.74) is -0.395. The van der Waals surface area contributed by atoms with E-state index in [0.717, 1.165) is 44.8 Å². The van der Waals surface area contributed by atoms with Crippen molar-refractivity contribution < 1.29 is 9.53 Å². The van der Waals surface area contributed by atoms with Crippen LogP contribution in [0, 0.1) is 5.92 Å². The largest absolute Gasteiger partial charge is 0.444 e. The van der Waals surface area contributed by atoms with E-state index >= 15 is 0 Å². The molecule has 2 fully saturated rings. The van der Waals surface area contributed by atoms with Gasteiger partial charge in [-0.3, -0.25) is 0 Å². The number of likely N-dealkylation sites (tertiary alicyclic amines) is 1. The quantitative estimate of drug-likeness (QED) is 0.846. The highest BCUT2D eigenvalue weighted by atomic mass is 16.6. The summed E-state index contributed by atoms with van der Waals surface area (Å²) >= 11 is 0. The minimum Gasteiger partial charge on any atom is -0.444 e. The summed E-state index contributed by atoms with van der Waals surface area (Å²) in [6, 6.07) is 0.390. The van der Waals surface area contributed by atoms with Crippen LogP contribution in [0.15, 0.2) is 0 Å². The third kappa shape index (κ3) is 4.65. The predicted molar refractivity (Wildman–Crippen MR) is 80.8 cm³/mol. The molecule has 1 unspecified atom stereocenters. The summed E-state index contributed by atoms with van der Waals surface area (Å²) in [4.78, 5) is 14.4. The fraction of sp³-hybridized carbons (Fsp3) is 0.938. The van der Waals surface area contributed by atoms with Crippen molar-refractivity contribution >= 4 is 6.09 Å². The van der Waals surface area contributed by atoms with Crippen LogP contribution in [-0.4, -0.2) is 42.3 Å². The van der Waals surface area contributed by atoms with E-state index in [0.29, 0.717) is 6.04 Å². The Bertz CT molecular complexity index is 319. The Kier molecular flexibility index (Phi) is 5.30. The van der Waals surface area contributed by atoms with Gasteiger partial charge in [0.1, 0.15) is 5.60 Å². The van der Waals surface area contributed by atoms with Crippen LogP contribution in [0.5, 0.6) is 0 Å². The molecule has 0 saturated carbocycles. The summed E-state index contributed by atoms with van der Waals surface area (Å²) in [5.74, 6) is 0.768. The van der Waals surface area contributed by atoms with E-state index in [2.05, 4.69) is 5.32 Å². The molecule has 0 aromatic carbocycles. The Hall–Kier alpha value is -0.770. The first kappa shape index (κ1) is 15.6. The van der Waals surface area contributed by atoms with Crippen molar-refractivity contribution in [3.63, 3.8) is 0 Å². The number of hydrogen-bond donors (Lipinski definition) is 1. The van der Waals surface area contributed by atoms with E-state index in [4.69, 9.17) is 4.74 Å². The number of piperidine rings is 2. The fourth-order valence-electron chi connectivity index (χ4n) is 3.31. The summed E-state index contributed by atoms with van der Waals surface area (Å²) in [6.45, 7) is 8.95. The van der Waals surface area contributed by atoms with Crippen LogP contribution in [0.3, 0.4) is 0 Å². The lowest BCUT2D eigenvalue weighted by atomic mass is 9.87. The van der Waals surface area contributed by atoms with Crippen LogP contribution < -0.4 is 5.32 Å². The topological polar surface area (TPSA) is 41.6 Å². The zero-order chi connectivity index (χ0) is 14.6. The lowest BCUT2D eigenvalue weighted by Gasteiger charge is -2.39. The second-order valence-electron chi connectivity index (χ2n) is 7.25. The third-order valence-corrected chi connectivity index (χ3v) is 4.32. The fourth-order valence-corrected chi connectivity index (χ4v) is 3.31. The SMILES string of the molecule is CC(C)(C)OC(=O)N1CCCCC1CC1CCNCC1. The molecule has 4 nitrogen and oxygen atoms in total. The van der Waals surface area contributed by atoms with Crippen molar-refractivity contribution in [3.8, 4) is 0 Å². The zero-order valence-corrected chi connectivity index (χ0v) is 13.3. The molecule has 2 saturated heterocycles. The van der Waals surface area contributed by atoms with Crippen molar-refractivity contribution in [2.24, 2.45) is 5.92 Å². The standard InChI is InChI=1S/C16H30N2O2/c1-16(2,3)20-15(19)18-11-5-4-6-14(18)12-13-7-9-17-10-8-13/h13-14,17H,4-12H2,1-3H3. The van der Waals surface area contributed by atoms with Crippen molar-refractivity contribution in [1.29, 1.82) is 0 Å². The first-order chi connectivity index (χ1) is 9.46. The predicted octanol–water partition coefficient (Wildman–Crippen LogP) is 3.17. The van der Waals surface area contributed by atoms with Crippen molar-refractivity contribution in [1.82, 2.24) is 10.2 Å². The molecule has 0 spiro atoms. The van der Waals surface area contributed by atoms with Crippen LogP contribution >= 0.6 is 0 Å². The van der Waals surface area contributed by atoms with Gasteiger partial charge >= 0.3 is 6.09 Å². The van der Waals surface area contributed by atoms with Crippen LogP contribution in [0.1, 0.15) is 59.3 Å².